The molecule has 0 saturated heterocycles. The number of rotatable bonds is 5. The lowest BCUT2D eigenvalue weighted by Crippen LogP contribution is -2.24. The Morgan fingerprint density at radius 3 is 2.41 bits per heavy atom. The number of nitrogens with zero attached hydrogens (tertiary/aromatic N) is 3. The highest BCUT2D eigenvalue weighted by Gasteiger charge is 2.19. The zero-order valence-corrected chi connectivity index (χ0v) is 15.6. The molecule has 0 unspecified atom stereocenters. The number of anilines is 1. The average molecular weight is 362 g/mol. The monoisotopic (exact) mass is 362 g/mol. The Morgan fingerprint density at radius 1 is 0.963 bits per heavy atom. The van der Waals surface area contributed by atoms with E-state index in [1.807, 2.05) is 63.2 Å². The topological polar surface area (TPSA) is 77.0 Å². The Kier molecular flexibility index (Phi) is 5.45. The quantitative estimate of drug-likeness (QED) is 0.689. The molecule has 0 aliphatic carbocycles. The highest BCUT2D eigenvalue weighted by molar-refractivity contribution is 5.88. The summed E-state index contributed by atoms with van der Waals surface area (Å²) in [7, 11) is 0. The Morgan fingerprint density at radius 2 is 1.70 bits per heavy atom. The summed E-state index contributed by atoms with van der Waals surface area (Å²) >= 11 is 0. The molecule has 138 valence electrons. The van der Waals surface area contributed by atoms with Gasteiger partial charge in [0.05, 0.1) is 23.6 Å². The number of pyridine rings is 3. The third-order valence-electron chi connectivity index (χ3n) is 3.55. The number of hydrogen-bond donors (Lipinski definition) is 1. The van der Waals surface area contributed by atoms with Crippen LogP contribution in [0.25, 0.3) is 11.4 Å². The van der Waals surface area contributed by atoms with Crippen molar-refractivity contribution in [1.82, 2.24) is 15.0 Å². The number of nitrogens with one attached hydrogen (secondary N) is 1. The molecule has 0 amide bonds. The van der Waals surface area contributed by atoms with Gasteiger partial charge in [-0.25, -0.2) is 14.8 Å². The van der Waals surface area contributed by atoms with Crippen molar-refractivity contribution in [2.75, 3.05) is 5.32 Å². The lowest BCUT2D eigenvalue weighted by molar-refractivity contribution is 0.00630. The van der Waals surface area contributed by atoms with Crippen LogP contribution in [0.4, 0.5) is 5.82 Å². The van der Waals surface area contributed by atoms with E-state index in [1.54, 1.807) is 18.3 Å². The van der Waals surface area contributed by atoms with Crippen molar-refractivity contribution in [1.29, 1.82) is 0 Å². The molecule has 0 atom stereocenters. The fourth-order valence-electron chi connectivity index (χ4n) is 2.38. The molecular weight excluding hydrogens is 340 g/mol. The molecule has 6 nitrogen and oxygen atoms in total. The minimum atomic E-state index is -0.567. The second kappa shape index (κ2) is 7.95. The normalized spacial score (nSPS) is 11.1. The van der Waals surface area contributed by atoms with Crippen LogP contribution in [0.5, 0.6) is 0 Å². The molecule has 0 aromatic carbocycles. The number of carbonyl (C=O) groups is 1. The van der Waals surface area contributed by atoms with Gasteiger partial charge in [0.25, 0.3) is 0 Å². The maximum atomic E-state index is 12.2. The molecule has 1 N–H and O–H groups in total. The molecular formula is C21H22N4O2. The van der Waals surface area contributed by atoms with E-state index >= 15 is 0 Å². The minimum absolute atomic E-state index is 0.260. The summed E-state index contributed by atoms with van der Waals surface area (Å²) < 4.78 is 5.38. The third kappa shape index (κ3) is 5.34. The van der Waals surface area contributed by atoms with Gasteiger partial charge in [-0.05, 0) is 57.2 Å². The molecule has 0 fully saturated rings. The number of ether oxygens (including phenoxy) is 1. The van der Waals surface area contributed by atoms with Gasteiger partial charge in [-0.2, -0.15) is 0 Å². The molecule has 0 aliphatic heterocycles. The highest BCUT2D eigenvalue weighted by atomic mass is 16.6. The molecule has 0 aliphatic rings. The van der Waals surface area contributed by atoms with Gasteiger partial charge in [-0.3, -0.25) is 4.98 Å². The Balaban J connectivity index is 1.76. The van der Waals surface area contributed by atoms with Gasteiger partial charge in [0.2, 0.25) is 0 Å². The molecule has 0 radical (unpaired) electrons. The first-order valence-corrected chi connectivity index (χ1v) is 8.72. The summed E-state index contributed by atoms with van der Waals surface area (Å²) in [4.78, 5) is 25.5. The summed E-state index contributed by atoms with van der Waals surface area (Å²) in [5.41, 5.74) is 1.90. The molecule has 0 spiro atoms. The van der Waals surface area contributed by atoms with Gasteiger partial charge in [-0.15, -0.1) is 0 Å². The van der Waals surface area contributed by atoms with Crippen molar-refractivity contribution in [3.8, 4) is 11.4 Å². The van der Waals surface area contributed by atoms with E-state index in [0.717, 1.165) is 5.69 Å². The lowest BCUT2D eigenvalue weighted by Gasteiger charge is -2.19. The van der Waals surface area contributed by atoms with Crippen LogP contribution in [0.15, 0.2) is 60.8 Å². The number of aromatic nitrogens is 3. The second-order valence-corrected chi connectivity index (χ2v) is 6.99. The van der Waals surface area contributed by atoms with Crippen molar-refractivity contribution in [2.24, 2.45) is 0 Å². The minimum Gasteiger partial charge on any atom is -0.455 e. The average Bonchev–Trinajstić information content (AvgIpc) is 2.66. The first kappa shape index (κ1) is 18.5. The predicted octanol–water partition coefficient (Wildman–Crippen LogP) is 4.11. The molecule has 27 heavy (non-hydrogen) atoms. The zero-order chi connectivity index (χ0) is 19.3. The summed E-state index contributed by atoms with van der Waals surface area (Å²) in [6.45, 7) is 6.05. The third-order valence-corrected chi connectivity index (χ3v) is 3.55. The Bertz CT molecular complexity index is 921. The molecule has 6 heteroatoms. The van der Waals surface area contributed by atoms with Crippen LogP contribution in [-0.4, -0.2) is 26.5 Å². The molecule has 3 heterocycles. The van der Waals surface area contributed by atoms with E-state index in [1.165, 1.54) is 0 Å². The van der Waals surface area contributed by atoms with Crippen molar-refractivity contribution in [3.05, 3.63) is 72.2 Å². The van der Waals surface area contributed by atoms with Crippen LogP contribution in [0.2, 0.25) is 0 Å². The second-order valence-electron chi connectivity index (χ2n) is 6.99. The molecule has 0 bridgehead atoms. The van der Waals surface area contributed by atoms with Gasteiger partial charge >= 0.3 is 5.97 Å². The smallest absolute Gasteiger partial charge is 0.357 e. The van der Waals surface area contributed by atoms with Crippen LogP contribution in [0.1, 0.15) is 37.0 Å². The van der Waals surface area contributed by atoms with Crippen molar-refractivity contribution in [2.45, 2.75) is 32.9 Å². The van der Waals surface area contributed by atoms with E-state index < -0.39 is 11.6 Å². The van der Waals surface area contributed by atoms with Crippen molar-refractivity contribution >= 4 is 11.8 Å². The standard InChI is InChI=1S/C21H22N4O2/c1-21(2,3)27-20(26)18-11-6-9-16(24-18)17-10-7-12-19(25-17)23-14-15-8-4-5-13-22-15/h4-13H,14H2,1-3H3,(H,23,25). The van der Waals surface area contributed by atoms with E-state index in [-0.39, 0.29) is 5.69 Å². The summed E-state index contributed by atoms with van der Waals surface area (Å²) in [6, 6.07) is 16.6. The highest BCUT2D eigenvalue weighted by Crippen LogP contribution is 2.19. The summed E-state index contributed by atoms with van der Waals surface area (Å²) in [6.07, 6.45) is 1.76. The van der Waals surface area contributed by atoms with Crippen molar-refractivity contribution < 1.29 is 9.53 Å². The van der Waals surface area contributed by atoms with Crippen LogP contribution in [-0.2, 0) is 11.3 Å². The summed E-state index contributed by atoms with van der Waals surface area (Å²) in [5, 5.41) is 3.25. The van der Waals surface area contributed by atoms with E-state index in [0.29, 0.717) is 23.8 Å². The fraction of sp³-hybridized carbons (Fsp3) is 0.238. The first-order chi connectivity index (χ1) is 12.9. The Hall–Kier alpha value is -3.28. The lowest BCUT2D eigenvalue weighted by atomic mass is 10.2. The zero-order valence-electron chi connectivity index (χ0n) is 15.6. The summed E-state index contributed by atoms with van der Waals surface area (Å²) in [5.74, 6) is 0.261. The maximum Gasteiger partial charge on any atom is 0.357 e. The van der Waals surface area contributed by atoms with Crippen LogP contribution in [0, 0.1) is 0 Å². The molecule has 3 aromatic rings. The predicted molar refractivity (Wildman–Crippen MR) is 104 cm³/mol. The van der Waals surface area contributed by atoms with Gasteiger partial charge < -0.3 is 10.1 Å². The SMILES string of the molecule is CC(C)(C)OC(=O)c1cccc(-c2cccc(NCc3ccccn3)n2)n1. The van der Waals surface area contributed by atoms with Gasteiger partial charge in [-0.1, -0.05) is 18.2 Å². The van der Waals surface area contributed by atoms with E-state index in [4.69, 9.17) is 4.74 Å². The maximum absolute atomic E-state index is 12.2. The molecule has 0 saturated carbocycles. The van der Waals surface area contributed by atoms with E-state index in [2.05, 4.69) is 20.3 Å². The molecule has 3 rings (SSSR count). The van der Waals surface area contributed by atoms with E-state index in [9.17, 15) is 4.79 Å². The number of hydrogen-bond acceptors (Lipinski definition) is 6. The number of esters is 1. The van der Waals surface area contributed by atoms with Gasteiger partial charge in [0.1, 0.15) is 17.1 Å². The van der Waals surface area contributed by atoms with Gasteiger partial charge in [0, 0.05) is 6.20 Å². The Labute approximate surface area is 158 Å². The number of carbonyl (C=O) groups excluding carboxylic acids is 1. The first-order valence-electron chi connectivity index (χ1n) is 8.72. The molecule has 3 aromatic heterocycles. The van der Waals surface area contributed by atoms with Crippen LogP contribution < -0.4 is 5.32 Å². The fourth-order valence-corrected chi connectivity index (χ4v) is 2.38. The van der Waals surface area contributed by atoms with Crippen molar-refractivity contribution in [3.63, 3.8) is 0 Å². The van der Waals surface area contributed by atoms with Gasteiger partial charge in [0.15, 0.2) is 0 Å². The van der Waals surface area contributed by atoms with Crippen LogP contribution >= 0.6 is 0 Å². The van der Waals surface area contributed by atoms with Crippen LogP contribution in [0.3, 0.4) is 0 Å². The largest absolute Gasteiger partial charge is 0.455 e.